The van der Waals surface area contributed by atoms with E-state index in [1.807, 2.05) is 0 Å². The second-order valence-corrected chi connectivity index (χ2v) is 10.2. The molecule has 3 fully saturated rings. The lowest BCUT2D eigenvalue weighted by Crippen LogP contribution is -2.46. The number of nitrogens with one attached hydrogen (secondary N) is 1. The summed E-state index contributed by atoms with van der Waals surface area (Å²) in [5.41, 5.74) is 0.486. The molecule has 1 aromatic rings. The lowest BCUT2D eigenvalue weighted by molar-refractivity contribution is -0.139. The van der Waals surface area contributed by atoms with Crippen molar-refractivity contribution in [1.82, 2.24) is 4.90 Å². The van der Waals surface area contributed by atoms with Gasteiger partial charge in [0, 0.05) is 38.6 Å². The molecule has 2 heterocycles. The highest BCUT2D eigenvalue weighted by Crippen LogP contribution is 2.33. The molecule has 2 aliphatic heterocycles. The Bertz CT molecular complexity index is 804. The minimum absolute atomic E-state index is 0.161. The fourth-order valence-corrected chi connectivity index (χ4v) is 5.92. The molecule has 0 spiro atoms. The van der Waals surface area contributed by atoms with E-state index < -0.39 is 0 Å². The van der Waals surface area contributed by atoms with E-state index in [1.165, 1.54) is 12.8 Å². The normalized spacial score (nSPS) is 30.5. The van der Waals surface area contributed by atoms with Gasteiger partial charge < -0.3 is 15.1 Å². The zero-order valence-electron chi connectivity index (χ0n) is 18.6. The molecular weight excluding hydrogens is 378 g/mol. The fraction of sp³-hybridized carbons (Fsp3) is 0.792. The summed E-state index contributed by atoms with van der Waals surface area (Å²) < 4.78 is 0. The summed E-state index contributed by atoms with van der Waals surface area (Å²) in [4.78, 5) is 41.4. The van der Waals surface area contributed by atoms with E-state index >= 15 is 0 Å². The maximum atomic E-state index is 13.0. The molecular formula is C24H37N3O3. The molecule has 1 aromatic carbocycles. The predicted octanol–water partition coefficient (Wildman–Crippen LogP) is 3.00. The number of anilines is 2. The van der Waals surface area contributed by atoms with Gasteiger partial charge in [-0.15, -0.1) is 0 Å². The average molecular weight is 416 g/mol. The molecule has 6 heteroatoms. The van der Waals surface area contributed by atoms with Crippen LogP contribution in [0.1, 0.15) is 65.2 Å². The number of hydrogen-bond donors (Lipinski definition) is 1. The highest BCUT2D eigenvalue weighted by atomic mass is 16.2. The molecule has 0 aromatic heterocycles. The van der Waals surface area contributed by atoms with Crippen LogP contribution < -0.4 is 21.1 Å². The van der Waals surface area contributed by atoms with Crippen LogP contribution in [0.25, 0.3) is 0 Å². The number of carbonyl (C=O) groups excluding carboxylic acids is 1. The van der Waals surface area contributed by atoms with E-state index in [2.05, 4.69) is 29.0 Å². The van der Waals surface area contributed by atoms with Crippen molar-refractivity contribution in [2.24, 2.45) is 23.7 Å². The smallest absolute Gasteiger partial charge is 0.253 e. The third-order valence-electron chi connectivity index (χ3n) is 7.50. The van der Waals surface area contributed by atoms with E-state index in [0.717, 1.165) is 71.2 Å². The summed E-state index contributed by atoms with van der Waals surface area (Å²) in [5, 5.41) is 3.31. The molecule has 1 N–H and O–H groups in total. The van der Waals surface area contributed by atoms with E-state index in [-0.39, 0.29) is 16.8 Å². The molecule has 166 valence electrons. The van der Waals surface area contributed by atoms with Crippen molar-refractivity contribution in [3.8, 4) is 0 Å². The van der Waals surface area contributed by atoms with E-state index in [4.69, 9.17) is 0 Å². The third kappa shape index (κ3) is 4.42. The molecule has 2 unspecified atom stereocenters. The van der Waals surface area contributed by atoms with E-state index in [9.17, 15) is 14.4 Å². The minimum Gasteiger partial charge on any atom is -0.380 e. The van der Waals surface area contributed by atoms with Crippen LogP contribution >= 0.6 is 0 Å². The highest BCUT2D eigenvalue weighted by Gasteiger charge is 2.33. The van der Waals surface area contributed by atoms with Gasteiger partial charge in [0.2, 0.25) is 5.91 Å². The standard InChI is InChI=1S/C24H37N3O3/c1-16-12-17(2)15-27(14-16)24(30)19-8-6-18(7-9-19)13-25-20-21(23(29)22(20)28)26-10-4-3-5-11-26/h16-19,25H,3-15H2,1-2H3. The lowest BCUT2D eigenvalue weighted by atomic mass is 9.80. The van der Waals surface area contributed by atoms with Crippen molar-refractivity contribution < 1.29 is 4.79 Å². The largest absolute Gasteiger partial charge is 0.380 e. The predicted molar refractivity (Wildman–Crippen MR) is 121 cm³/mol. The number of amides is 1. The molecule has 3 aliphatic rings. The molecule has 2 saturated heterocycles. The van der Waals surface area contributed by atoms with Crippen LogP contribution in [-0.2, 0) is 4.79 Å². The Labute approximate surface area is 179 Å². The van der Waals surface area contributed by atoms with Crippen LogP contribution in [0.4, 0.5) is 11.4 Å². The van der Waals surface area contributed by atoms with Gasteiger partial charge in [-0.3, -0.25) is 14.4 Å². The first-order valence-corrected chi connectivity index (χ1v) is 12.0. The van der Waals surface area contributed by atoms with Crippen molar-refractivity contribution >= 4 is 17.3 Å². The van der Waals surface area contributed by atoms with Gasteiger partial charge in [0.05, 0.1) is 0 Å². The number of piperidine rings is 2. The molecule has 6 nitrogen and oxygen atoms in total. The molecule has 1 saturated carbocycles. The zero-order chi connectivity index (χ0) is 21.3. The average Bonchev–Trinajstić information content (AvgIpc) is 2.75. The van der Waals surface area contributed by atoms with Crippen molar-refractivity contribution in [2.75, 3.05) is 42.9 Å². The summed E-state index contributed by atoms with van der Waals surface area (Å²) in [6.45, 7) is 8.80. The molecule has 1 aliphatic carbocycles. The molecule has 2 atom stereocenters. The summed E-state index contributed by atoms with van der Waals surface area (Å²) in [7, 11) is 0. The number of rotatable bonds is 5. The van der Waals surface area contributed by atoms with Gasteiger partial charge in [0.15, 0.2) is 0 Å². The molecule has 0 radical (unpaired) electrons. The Balaban J connectivity index is 1.27. The second-order valence-electron chi connectivity index (χ2n) is 10.2. The monoisotopic (exact) mass is 415 g/mol. The van der Waals surface area contributed by atoms with Crippen molar-refractivity contribution in [1.29, 1.82) is 0 Å². The van der Waals surface area contributed by atoms with Gasteiger partial charge in [0.25, 0.3) is 10.9 Å². The van der Waals surface area contributed by atoms with Crippen molar-refractivity contribution in [3.63, 3.8) is 0 Å². The molecule has 4 rings (SSSR count). The van der Waals surface area contributed by atoms with Crippen molar-refractivity contribution in [3.05, 3.63) is 20.4 Å². The van der Waals surface area contributed by atoms with Crippen LogP contribution in [-0.4, -0.2) is 43.5 Å². The Morgan fingerprint density at radius 1 is 0.933 bits per heavy atom. The number of hydrogen-bond acceptors (Lipinski definition) is 5. The van der Waals surface area contributed by atoms with E-state index in [1.54, 1.807) is 0 Å². The highest BCUT2D eigenvalue weighted by molar-refractivity contribution is 5.79. The van der Waals surface area contributed by atoms with Gasteiger partial charge in [-0.05, 0) is 69.1 Å². The summed E-state index contributed by atoms with van der Waals surface area (Å²) >= 11 is 0. The summed E-state index contributed by atoms with van der Waals surface area (Å²) in [5.74, 6) is 2.18. The quantitative estimate of drug-likeness (QED) is 0.749. The van der Waals surface area contributed by atoms with Gasteiger partial charge in [-0.2, -0.15) is 0 Å². The first kappa shape index (κ1) is 21.4. The molecule has 0 bridgehead atoms. The van der Waals surface area contributed by atoms with Gasteiger partial charge >= 0.3 is 0 Å². The minimum atomic E-state index is -0.354. The number of nitrogens with zero attached hydrogens (tertiary/aromatic N) is 2. The Kier molecular flexibility index (Phi) is 6.49. The van der Waals surface area contributed by atoms with Crippen LogP contribution in [0.15, 0.2) is 9.59 Å². The van der Waals surface area contributed by atoms with Gasteiger partial charge in [-0.1, -0.05) is 13.8 Å². The van der Waals surface area contributed by atoms with Crippen LogP contribution in [0.5, 0.6) is 0 Å². The first-order valence-electron chi connectivity index (χ1n) is 12.0. The maximum Gasteiger partial charge on any atom is 0.253 e. The summed E-state index contributed by atoms with van der Waals surface area (Å²) in [6.07, 6.45) is 8.50. The number of carbonyl (C=O) groups is 1. The SMILES string of the molecule is CC1CC(C)CN(C(=O)C2CCC(CNc3c(N4CCCCC4)c(=O)c3=O)CC2)C1. The number of likely N-dealkylation sites (tertiary alicyclic amines) is 1. The third-order valence-corrected chi connectivity index (χ3v) is 7.50. The Morgan fingerprint density at radius 2 is 1.57 bits per heavy atom. The Hall–Kier alpha value is -1.85. The summed E-state index contributed by atoms with van der Waals surface area (Å²) in [6, 6.07) is 0. The fourth-order valence-electron chi connectivity index (χ4n) is 5.92. The maximum absolute atomic E-state index is 13.0. The first-order chi connectivity index (χ1) is 14.4. The lowest BCUT2D eigenvalue weighted by Gasteiger charge is -2.38. The van der Waals surface area contributed by atoms with Gasteiger partial charge in [0.1, 0.15) is 11.4 Å². The Morgan fingerprint density at radius 3 is 2.20 bits per heavy atom. The molecule has 1 amide bonds. The van der Waals surface area contributed by atoms with E-state index in [0.29, 0.717) is 35.0 Å². The topological polar surface area (TPSA) is 69.7 Å². The zero-order valence-corrected chi connectivity index (χ0v) is 18.6. The molecule has 30 heavy (non-hydrogen) atoms. The second kappa shape index (κ2) is 9.11. The van der Waals surface area contributed by atoms with Crippen molar-refractivity contribution in [2.45, 2.75) is 65.2 Å². The van der Waals surface area contributed by atoms with Crippen LogP contribution in [0, 0.1) is 23.7 Å². The van der Waals surface area contributed by atoms with Crippen LogP contribution in [0.3, 0.4) is 0 Å². The van der Waals surface area contributed by atoms with Gasteiger partial charge in [-0.25, -0.2) is 0 Å². The van der Waals surface area contributed by atoms with Crippen LogP contribution in [0.2, 0.25) is 0 Å².